The van der Waals surface area contributed by atoms with Gasteiger partial charge in [-0.15, -0.1) is 0 Å². The van der Waals surface area contributed by atoms with Gasteiger partial charge in [0.1, 0.15) is 6.61 Å². The topological polar surface area (TPSA) is 61.8 Å². The van der Waals surface area contributed by atoms with Crippen molar-refractivity contribution in [1.82, 2.24) is 0 Å². The molecule has 1 unspecified atom stereocenters. The molecule has 388 valence electrons. The van der Waals surface area contributed by atoms with E-state index < -0.39 is 6.10 Å². The Labute approximate surface area is 421 Å². The van der Waals surface area contributed by atoms with Gasteiger partial charge in [-0.05, 0) is 128 Å². The molecule has 0 aliphatic carbocycles. The summed E-state index contributed by atoms with van der Waals surface area (Å²) in [4.78, 5) is 25.5. The van der Waals surface area contributed by atoms with E-state index in [1.54, 1.807) is 0 Å². The van der Waals surface area contributed by atoms with Crippen LogP contribution in [0.1, 0.15) is 252 Å². The molecule has 0 N–H and O–H groups in total. The summed E-state index contributed by atoms with van der Waals surface area (Å²) in [6.07, 6.45) is 79.6. The quantitative estimate of drug-likeness (QED) is 0.0345. The van der Waals surface area contributed by atoms with E-state index >= 15 is 0 Å². The lowest BCUT2D eigenvalue weighted by Crippen LogP contribution is -2.30. The first-order valence-corrected chi connectivity index (χ1v) is 28.4. The molecule has 0 aromatic carbocycles. The Morgan fingerprint density at radius 3 is 1.06 bits per heavy atom. The van der Waals surface area contributed by atoms with Crippen LogP contribution in [0.3, 0.4) is 0 Å². The van der Waals surface area contributed by atoms with Crippen LogP contribution >= 0.6 is 0 Å². The largest absolute Gasteiger partial charge is 0.462 e. The number of unbranched alkanes of at least 4 members (excludes halogenated alkanes) is 22. The summed E-state index contributed by atoms with van der Waals surface area (Å²) in [5.41, 5.74) is 0. The Morgan fingerprint density at radius 1 is 0.338 bits per heavy atom. The highest BCUT2D eigenvalue weighted by atomic mass is 16.6. The molecule has 0 aliphatic heterocycles. The summed E-state index contributed by atoms with van der Waals surface area (Å²) < 4.78 is 17.4. The number of esters is 2. The Kier molecular flexibility index (Phi) is 54.9. The van der Waals surface area contributed by atoms with Gasteiger partial charge in [0.2, 0.25) is 0 Å². The van der Waals surface area contributed by atoms with Gasteiger partial charge in [0.25, 0.3) is 0 Å². The van der Waals surface area contributed by atoms with Gasteiger partial charge in [-0.3, -0.25) is 9.59 Å². The van der Waals surface area contributed by atoms with Crippen LogP contribution in [0.4, 0.5) is 0 Å². The molecule has 0 aromatic rings. The van der Waals surface area contributed by atoms with E-state index in [9.17, 15) is 9.59 Å². The number of carbonyl (C=O) groups excluding carboxylic acids is 2. The molecule has 0 bridgehead atoms. The van der Waals surface area contributed by atoms with Crippen LogP contribution in [0.5, 0.6) is 0 Å². The Hall–Kier alpha value is -3.44. The smallest absolute Gasteiger partial charge is 0.306 e. The van der Waals surface area contributed by atoms with Gasteiger partial charge in [0, 0.05) is 19.4 Å². The van der Waals surface area contributed by atoms with Crippen molar-refractivity contribution < 1.29 is 23.8 Å². The number of carbonyl (C=O) groups is 2. The summed E-state index contributed by atoms with van der Waals surface area (Å²) in [5.74, 6) is -0.440. The molecule has 0 fully saturated rings. The van der Waals surface area contributed by atoms with Gasteiger partial charge in [-0.1, -0.05) is 220 Å². The summed E-state index contributed by atoms with van der Waals surface area (Å²) in [5, 5.41) is 0. The highest BCUT2D eigenvalue weighted by Crippen LogP contribution is 2.13. The molecule has 0 saturated heterocycles. The fourth-order valence-electron chi connectivity index (χ4n) is 7.54. The van der Waals surface area contributed by atoms with Crippen molar-refractivity contribution in [2.24, 2.45) is 0 Å². The maximum absolute atomic E-state index is 12.8. The van der Waals surface area contributed by atoms with E-state index in [0.29, 0.717) is 19.4 Å². The SMILES string of the molecule is CC/C=C\C/C=C\C/C=C\C/C=C\CCCCCCCOCC(COC(=O)CCCCCCCC/C=C\C/C=C\C/C=C\CCCCC)OC(=O)CCCCCCC/C=C\C/C=C\CCCCC. The number of hydrogen-bond acceptors (Lipinski definition) is 5. The van der Waals surface area contributed by atoms with E-state index in [4.69, 9.17) is 14.2 Å². The van der Waals surface area contributed by atoms with Gasteiger partial charge in [-0.25, -0.2) is 0 Å². The number of rotatable bonds is 51. The zero-order valence-corrected chi connectivity index (χ0v) is 44.6. The summed E-state index contributed by atoms with van der Waals surface area (Å²) >= 11 is 0. The first kappa shape index (κ1) is 64.6. The van der Waals surface area contributed by atoms with E-state index in [1.807, 2.05) is 0 Å². The van der Waals surface area contributed by atoms with Gasteiger partial charge < -0.3 is 14.2 Å². The van der Waals surface area contributed by atoms with Crippen molar-refractivity contribution in [3.8, 4) is 0 Å². The third-order valence-corrected chi connectivity index (χ3v) is 11.8. The molecule has 0 radical (unpaired) electrons. The average molecular weight is 944 g/mol. The Bertz CT molecular complexity index is 1340. The zero-order chi connectivity index (χ0) is 49.2. The minimum atomic E-state index is -0.567. The molecule has 0 amide bonds. The molecule has 0 rings (SSSR count). The van der Waals surface area contributed by atoms with Gasteiger partial charge in [0.15, 0.2) is 6.10 Å². The van der Waals surface area contributed by atoms with Crippen molar-refractivity contribution in [3.63, 3.8) is 0 Å². The number of ether oxygens (including phenoxy) is 3. The second kappa shape index (κ2) is 57.9. The first-order valence-electron chi connectivity index (χ1n) is 28.4. The standard InChI is InChI=1S/C63H106O5/c1-4-7-10-13-16-19-22-25-28-30-32-33-36-38-41-44-47-50-53-56-62(64)67-60-61(68-63(65)57-54-51-48-45-42-39-35-27-24-21-18-15-12-9-6-3)59-66-58-55-52-49-46-43-40-37-34-31-29-26-23-20-17-14-11-8-5-2/h8,11,16-21,25-29,32-35,37,61H,4-7,9-10,12-15,22-24,30-31,36,38-60H2,1-3H3/b11-8-,19-16-,20-17-,21-18-,28-25-,29-26-,33-32-,35-27-,37-34-. The molecular formula is C63H106O5. The molecule has 0 aromatic heterocycles. The number of hydrogen-bond donors (Lipinski definition) is 0. The maximum Gasteiger partial charge on any atom is 0.306 e. The molecule has 5 heteroatoms. The van der Waals surface area contributed by atoms with Crippen LogP contribution in [0, 0.1) is 0 Å². The van der Waals surface area contributed by atoms with Crippen LogP contribution < -0.4 is 0 Å². The molecule has 0 saturated carbocycles. The highest BCUT2D eigenvalue weighted by Gasteiger charge is 2.17. The van der Waals surface area contributed by atoms with Crippen LogP contribution in [-0.4, -0.2) is 37.9 Å². The van der Waals surface area contributed by atoms with Crippen LogP contribution in [0.25, 0.3) is 0 Å². The predicted molar refractivity (Wildman–Crippen MR) is 297 cm³/mol. The van der Waals surface area contributed by atoms with E-state index in [0.717, 1.165) is 116 Å². The van der Waals surface area contributed by atoms with Gasteiger partial charge >= 0.3 is 11.9 Å². The van der Waals surface area contributed by atoms with Crippen molar-refractivity contribution in [1.29, 1.82) is 0 Å². The number of allylic oxidation sites excluding steroid dienone is 18. The predicted octanol–water partition coefficient (Wildman–Crippen LogP) is 19.6. The minimum absolute atomic E-state index is 0.0590. The molecule has 5 nitrogen and oxygen atoms in total. The Morgan fingerprint density at radius 2 is 0.662 bits per heavy atom. The monoisotopic (exact) mass is 943 g/mol. The summed E-state index contributed by atoms with van der Waals surface area (Å²) in [6.45, 7) is 7.60. The van der Waals surface area contributed by atoms with E-state index in [1.165, 1.54) is 103 Å². The second-order valence-electron chi connectivity index (χ2n) is 18.4. The zero-order valence-electron chi connectivity index (χ0n) is 44.6. The lowest BCUT2D eigenvalue weighted by molar-refractivity contribution is -0.163. The van der Waals surface area contributed by atoms with E-state index in [2.05, 4.69) is 130 Å². The van der Waals surface area contributed by atoms with Crippen LogP contribution in [0.15, 0.2) is 109 Å². The lowest BCUT2D eigenvalue weighted by Gasteiger charge is -2.18. The van der Waals surface area contributed by atoms with Crippen LogP contribution in [0.2, 0.25) is 0 Å². The van der Waals surface area contributed by atoms with Crippen LogP contribution in [-0.2, 0) is 23.8 Å². The third kappa shape index (κ3) is 55.2. The van der Waals surface area contributed by atoms with E-state index in [-0.39, 0.29) is 25.2 Å². The van der Waals surface area contributed by atoms with Gasteiger partial charge in [-0.2, -0.15) is 0 Å². The fourth-order valence-corrected chi connectivity index (χ4v) is 7.54. The normalized spacial score (nSPS) is 13.0. The molecule has 0 aliphatic rings. The highest BCUT2D eigenvalue weighted by molar-refractivity contribution is 5.70. The fraction of sp³-hybridized carbons (Fsp3) is 0.683. The molecule has 1 atom stereocenters. The molecule has 0 spiro atoms. The Balaban J connectivity index is 4.37. The third-order valence-electron chi connectivity index (χ3n) is 11.8. The van der Waals surface area contributed by atoms with Crippen molar-refractivity contribution in [2.45, 2.75) is 258 Å². The second-order valence-corrected chi connectivity index (χ2v) is 18.4. The minimum Gasteiger partial charge on any atom is -0.462 e. The molecular weight excluding hydrogens is 837 g/mol. The molecule has 68 heavy (non-hydrogen) atoms. The lowest BCUT2D eigenvalue weighted by atomic mass is 10.1. The average Bonchev–Trinajstić information content (AvgIpc) is 3.34. The van der Waals surface area contributed by atoms with Crippen molar-refractivity contribution in [3.05, 3.63) is 109 Å². The maximum atomic E-state index is 12.8. The van der Waals surface area contributed by atoms with Gasteiger partial charge in [0.05, 0.1) is 6.61 Å². The van der Waals surface area contributed by atoms with Crippen molar-refractivity contribution >= 4 is 11.9 Å². The summed E-state index contributed by atoms with van der Waals surface area (Å²) in [6, 6.07) is 0. The summed E-state index contributed by atoms with van der Waals surface area (Å²) in [7, 11) is 0. The first-order chi connectivity index (χ1) is 33.6. The van der Waals surface area contributed by atoms with Crippen molar-refractivity contribution in [2.75, 3.05) is 19.8 Å². The molecule has 0 heterocycles.